The summed E-state index contributed by atoms with van der Waals surface area (Å²) in [4.78, 5) is 25.9. The number of aliphatic hydroxyl groups excluding tert-OH is 3. The predicted octanol–water partition coefficient (Wildman–Crippen LogP) is 5.39. The Kier molecular flexibility index (Phi) is 13.0. The average Bonchev–Trinajstić information content (AvgIpc) is 3.50. The molecule has 45 heavy (non-hydrogen) atoms. The Labute approximate surface area is 264 Å². The Morgan fingerprint density at radius 1 is 0.867 bits per heavy atom. The summed E-state index contributed by atoms with van der Waals surface area (Å²) in [6, 6.07) is 0.612. The summed E-state index contributed by atoms with van der Waals surface area (Å²) in [6.07, 6.45) is 28.7. The minimum atomic E-state index is -1.46. The van der Waals surface area contributed by atoms with Crippen LogP contribution in [-0.4, -0.2) is 58.3 Å². The lowest BCUT2D eigenvalue weighted by Gasteiger charge is -2.39. The Balaban J connectivity index is 1.22. The molecule has 1 amide bonds. The lowest BCUT2D eigenvalue weighted by molar-refractivity contribution is -0.134. The van der Waals surface area contributed by atoms with Crippen LogP contribution in [0.4, 0.5) is 0 Å². The molecular weight excluding hydrogens is 574 g/mol. The van der Waals surface area contributed by atoms with Crippen molar-refractivity contribution in [3.05, 3.63) is 96.2 Å². The van der Waals surface area contributed by atoms with Gasteiger partial charge in [0.15, 0.2) is 11.5 Å². The van der Waals surface area contributed by atoms with Crippen molar-refractivity contribution < 1.29 is 39.1 Å². The number of carbonyl (C=O) groups is 2. The SMILES string of the molecule is CCC=CCC=CCC=CCC=CCC=CCC=CCCC(=O)Oc1c2c(cc3c1C(=O)NC1C3=CC(O)C(O)C1O)OCO2. The zero-order valence-electron chi connectivity index (χ0n) is 25.6. The van der Waals surface area contributed by atoms with Crippen LogP contribution in [0.5, 0.6) is 17.2 Å². The van der Waals surface area contributed by atoms with Gasteiger partial charge >= 0.3 is 5.97 Å². The van der Waals surface area contributed by atoms with Gasteiger partial charge in [-0.2, -0.15) is 0 Å². The molecule has 240 valence electrons. The van der Waals surface area contributed by atoms with Crippen molar-refractivity contribution in [1.82, 2.24) is 5.32 Å². The van der Waals surface area contributed by atoms with E-state index in [9.17, 15) is 24.9 Å². The van der Waals surface area contributed by atoms with Crippen LogP contribution < -0.4 is 19.5 Å². The first-order valence-corrected chi connectivity index (χ1v) is 15.6. The largest absolute Gasteiger partial charge is 0.453 e. The summed E-state index contributed by atoms with van der Waals surface area (Å²) >= 11 is 0. The molecule has 4 atom stereocenters. The summed E-state index contributed by atoms with van der Waals surface area (Å²) < 4.78 is 16.7. The lowest BCUT2D eigenvalue weighted by Crippen LogP contribution is -2.57. The molecule has 4 unspecified atom stereocenters. The second-order valence-electron chi connectivity index (χ2n) is 10.8. The first kappa shape index (κ1) is 33.7. The number of benzene rings is 1. The van der Waals surface area contributed by atoms with Gasteiger partial charge in [-0.1, -0.05) is 79.8 Å². The van der Waals surface area contributed by atoms with Crippen molar-refractivity contribution in [2.45, 2.75) is 82.6 Å². The minimum absolute atomic E-state index is 0.0415. The number of hydrogen-bond donors (Lipinski definition) is 4. The van der Waals surface area contributed by atoms with Gasteiger partial charge in [-0.15, -0.1) is 0 Å². The molecule has 0 spiro atoms. The maximum Gasteiger partial charge on any atom is 0.311 e. The molecule has 0 saturated heterocycles. The molecule has 9 heteroatoms. The molecule has 4 N–H and O–H groups in total. The first-order chi connectivity index (χ1) is 21.9. The fourth-order valence-electron chi connectivity index (χ4n) is 5.17. The molecule has 0 bridgehead atoms. The van der Waals surface area contributed by atoms with Crippen LogP contribution >= 0.6 is 0 Å². The van der Waals surface area contributed by atoms with Crippen LogP contribution in [0.3, 0.4) is 0 Å². The van der Waals surface area contributed by atoms with Crippen molar-refractivity contribution in [3.8, 4) is 17.2 Å². The first-order valence-electron chi connectivity index (χ1n) is 15.6. The third-order valence-corrected chi connectivity index (χ3v) is 7.50. The van der Waals surface area contributed by atoms with Gasteiger partial charge in [-0.25, -0.2) is 0 Å². The molecule has 2 aliphatic heterocycles. The molecule has 2 heterocycles. The highest BCUT2D eigenvalue weighted by molar-refractivity contribution is 6.08. The van der Waals surface area contributed by atoms with Gasteiger partial charge < -0.3 is 34.8 Å². The van der Waals surface area contributed by atoms with E-state index < -0.39 is 36.2 Å². The Hall–Kier alpha value is -4.18. The number of ether oxygens (including phenoxy) is 3. The highest BCUT2D eigenvalue weighted by atomic mass is 16.7. The number of amides is 1. The molecule has 0 saturated carbocycles. The molecular formula is C36H43NO8. The van der Waals surface area contributed by atoms with Crippen LogP contribution in [0.1, 0.15) is 74.2 Å². The van der Waals surface area contributed by atoms with Gasteiger partial charge in [-0.05, 0) is 62.7 Å². The molecule has 0 aromatic heterocycles. The molecule has 0 radical (unpaired) electrons. The summed E-state index contributed by atoms with van der Waals surface area (Å²) in [6.45, 7) is 2.02. The number of allylic oxidation sites excluding steroid dienone is 12. The van der Waals surface area contributed by atoms with Crippen LogP contribution in [0, 0.1) is 0 Å². The number of nitrogens with one attached hydrogen (secondary N) is 1. The van der Waals surface area contributed by atoms with E-state index in [-0.39, 0.29) is 36.0 Å². The van der Waals surface area contributed by atoms with E-state index in [1.807, 2.05) is 12.2 Å². The second kappa shape index (κ2) is 17.3. The lowest BCUT2D eigenvalue weighted by atomic mass is 9.79. The Bertz CT molecular complexity index is 1400. The number of rotatable bonds is 15. The summed E-state index contributed by atoms with van der Waals surface area (Å²) in [5, 5.41) is 33.4. The van der Waals surface area contributed by atoms with Gasteiger partial charge in [0.25, 0.3) is 5.91 Å². The standard InChI is InChI=1S/C36H43NO8/c1-2-3-4-5-6-7-8-9-10-11-12-13-14-15-16-17-18-19-20-21-29(39)45-35-30-25(23-28-34(35)44-24-43-28)26-22-27(38)32(40)33(41)31(26)37-36(30)42/h3-4,6-7,9-10,12-13,15-16,18-19,22-23,27,31-33,38,40-41H,2,5,8,11,14,17,20-21,24H2,1H3,(H,37,42). The normalized spacial score (nSPS) is 22.7. The molecule has 0 fully saturated rings. The van der Waals surface area contributed by atoms with Crippen LogP contribution in [-0.2, 0) is 4.79 Å². The molecule has 1 aromatic rings. The van der Waals surface area contributed by atoms with Crippen LogP contribution in [0.2, 0.25) is 0 Å². The number of fused-ring (bicyclic) bond motifs is 4. The van der Waals surface area contributed by atoms with Crippen molar-refractivity contribution in [2.24, 2.45) is 0 Å². The zero-order valence-corrected chi connectivity index (χ0v) is 25.6. The number of hydrogen-bond acceptors (Lipinski definition) is 8. The van der Waals surface area contributed by atoms with E-state index in [0.717, 1.165) is 38.5 Å². The smallest absolute Gasteiger partial charge is 0.311 e. The molecule has 3 aliphatic rings. The van der Waals surface area contributed by atoms with Crippen molar-refractivity contribution in [3.63, 3.8) is 0 Å². The third kappa shape index (κ3) is 9.17. The van der Waals surface area contributed by atoms with Crippen molar-refractivity contribution in [2.75, 3.05) is 6.79 Å². The van der Waals surface area contributed by atoms with Crippen molar-refractivity contribution >= 4 is 17.4 Å². The second-order valence-corrected chi connectivity index (χ2v) is 10.8. The maximum atomic E-state index is 13.1. The third-order valence-electron chi connectivity index (χ3n) is 7.50. The zero-order chi connectivity index (χ0) is 32.0. The molecule has 1 aromatic carbocycles. The highest BCUT2D eigenvalue weighted by Gasteiger charge is 2.45. The fourth-order valence-corrected chi connectivity index (χ4v) is 5.17. The molecule has 9 nitrogen and oxygen atoms in total. The molecule has 1 aliphatic carbocycles. The molecule has 4 rings (SSSR count). The fraction of sp³-hybridized carbons (Fsp3) is 0.389. The number of carbonyl (C=O) groups excluding carboxylic acids is 2. The van der Waals surface area contributed by atoms with Gasteiger partial charge in [0.1, 0.15) is 18.3 Å². The van der Waals surface area contributed by atoms with E-state index in [0.29, 0.717) is 17.6 Å². The van der Waals surface area contributed by atoms with E-state index in [1.165, 1.54) is 6.08 Å². The van der Waals surface area contributed by atoms with Gasteiger partial charge in [0, 0.05) is 12.0 Å². The van der Waals surface area contributed by atoms with Crippen LogP contribution in [0.25, 0.3) is 5.57 Å². The predicted molar refractivity (Wildman–Crippen MR) is 173 cm³/mol. The quantitative estimate of drug-likeness (QED) is 0.117. The van der Waals surface area contributed by atoms with Crippen molar-refractivity contribution in [1.29, 1.82) is 0 Å². The summed E-state index contributed by atoms with van der Waals surface area (Å²) in [7, 11) is 0. The summed E-state index contributed by atoms with van der Waals surface area (Å²) in [5.41, 5.74) is 0.765. The number of aliphatic hydroxyl groups is 3. The van der Waals surface area contributed by atoms with E-state index in [1.54, 1.807) is 6.07 Å². The number of esters is 1. The summed E-state index contributed by atoms with van der Waals surface area (Å²) in [5.74, 6) is -0.809. The van der Waals surface area contributed by atoms with E-state index in [4.69, 9.17) is 14.2 Å². The maximum absolute atomic E-state index is 13.1. The van der Waals surface area contributed by atoms with Gasteiger partial charge in [0.05, 0.1) is 11.6 Å². The highest BCUT2D eigenvalue weighted by Crippen LogP contribution is 2.49. The van der Waals surface area contributed by atoms with Gasteiger partial charge in [-0.3, -0.25) is 9.59 Å². The van der Waals surface area contributed by atoms with E-state index in [2.05, 4.69) is 73.0 Å². The van der Waals surface area contributed by atoms with Crippen LogP contribution in [0.15, 0.2) is 85.1 Å². The Morgan fingerprint density at radius 3 is 2.04 bits per heavy atom. The topological polar surface area (TPSA) is 135 Å². The van der Waals surface area contributed by atoms with Gasteiger partial charge in [0.2, 0.25) is 12.5 Å². The monoisotopic (exact) mass is 617 g/mol. The Morgan fingerprint density at radius 2 is 1.44 bits per heavy atom. The van der Waals surface area contributed by atoms with E-state index >= 15 is 0 Å². The average molecular weight is 618 g/mol. The minimum Gasteiger partial charge on any atom is -0.453 e.